The Morgan fingerprint density at radius 2 is 2.17 bits per heavy atom. The maximum Gasteiger partial charge on any atom is 0.252 e. The fraction of sp³-hybridized carbons (Fsp3) is 0.500. The summed E-state index contributed by atoms with van der Waals surface area (Å²) in [5, 5.41) is 7.62. The van der Waals surface area contributed by atoms with Gasteiger partial charge in [0.05, 0.1) is 36.2 Å². The molecule has 1 aliphatic heterocycles. The zero-order valence-corrected chi connectivity index (χ0v) is 13.6. The van der Waals surface area contributed by atoms with E-state index in [1.54, 1.807) is 4.52 Å². The first-order valence-corrected chi connectivity index (χ1v) is 7.82. The lowest BCUT2D eigenvalue weighted by Gasteiger charge is -2.41. The van der Waals surface area contributed by atoms with E-state index in [1.165, 1.54) is 6.20 Å². The Morgan fingerprint density at radius 3 is 2.87 bits per heavy atom. The Labute approximate surface area is 135 Å². The third kappa shape index (κ3) is 3.16. The van der Waals surface area contributed by atoms with Crippen molar-refractivity contribution >= 4 is 17.1 Å². The van der Waals surface area contributed by atoms with Crippen LogP contribution in [-0.4, -0.2) is 58.8 Å². The number of fused-ring (bicyclic) bond motifs is 1. The van der Waals surface area contributed by atoms with Crippen LogP contribution in [0.1, 0.15) is 24.2 Å². The van der Waals surface area contributed by atoms with Crippen molar-refractivity contribution in [3.8, 4) is 0 Å². The molecule has 7 nitrogen and oxygen atoms in total. The molecule has 1 amide bonds. The average molecular weight is 317 g/mol. The molecule has 1 fully saturated rings. The first-order chi connectivity index (χ1) is 11.0. The number of carbonyl (C=O) groups excluding carboxylic acids is 1. The number of primary amides is 1. The van der Waals surface area contributed by atoms with Crippen molar-refractivity contribution in [2.45, 2.75) is 19.4 Å². The van der Waals surface area contributed by atoms with Crippen LogP contribution in [0, 0.1) is 0 Å². The number of carbonyl (C=O) groups is 1. The fourth-order valence-electron chi connectivity index (χ4n) is 2.95. The summed E-state index contributed by atoms with van der Waals surface area (Å²) < 4.78 is 7.15. The van der Waals surface area contributed by atoms with Gasteiger partial charge in [0.2, 0.25) is 0 Å². The number of morpholine rings is 1. The van der Waals surface area contributed by atoms with Crippen molar-refractivity contribution in [2.75, 3.05) is 38.2 Å². The van der Waals surface area contributed by atoms with E-state index in [9.17, 15) is 4.79 Å². The van der Waals surface area contributed by atoms with Crippen LogP contribution in [0.5, 0.6) is 0 Å². The predicted molar refractivity (Wildman–Crippen MR) is 88.7 cm³/mol. The lowest BCUT2D eigenvalue weighted by molar-refractivity contribution is -0.00568. The van der Waals surface area contributed by atoms with Crippen LogP contribution in [0.2, 0.25) is 0 Å². The predicted octanol–water partition coefficient (Wildman–Crippen LogP) is 0.956. The van der Waals surface area contributed by atoms with Crippen molar-refractivity contribution in [1.29, 1.82) is 0 Å². The fourth-order valence-corrected chi connectivity index (χ4v) is 2.95. The van der Waals surface area contributed by atoms with Crippen molar-refractivity contribution < 1.29 is 9.53 Å². The standard InChI is InChI=1S/C16H23N5O2/c1-16(2,20-6-8-23-9-7-20)11-18-14-12(15(17)22)10-19-21-5-3-4-13(14)21/h3-5,10,18H,6-9,11H2,1-2H3,(H2,17,22). The van der Waals surface area contributed by atoms with Gasteiger partial charge in [-0.2, -0.15) is 5.10 Å². The molecule has 0 spiro atoms. The summed E-state index contributed by atoms with van der Waals surface area (Å²) in [6.45, 7) is 8.40. The molecule has 0 aliphatic carbocycles. The van der Waals surface area contributed by atoms with E-state index in [1.807, 2.05) is 18.3 Å². The number of ether oxygens (including phenoxy) is 1. The van der Waals surface area contributed by atoms with Gasteiger partial charge in [-0.3, -0.25) is 9.69 Å². The van der Waals surface area contributed by atoms with Gasteiger partial charge in [0.25, 0.3) is 5.91 Å². The number of amides is 1. The highest BCUT2D eigenvalue weighted by Gasteiger charge is 2.28. The number of hydrogen-bond donors (Lipinski definition) is 2. The van der Waals surface area contributed by atoms with Gasteiger partial charge in [-0.25, -0.2) is 4.52 Å². The van der Waals surface area contributed by atoms with Crippen molar-refractivity contribution in [2.24, 2.45) is 5.73 Å². The van der Waals surface area contributed by atoms with Crippen LogP contribution >= 0.6 is 0 Å². The number of hydrogen-bond acceptors (Lipinski definition) is 5. The topological polar surface area (TPSA) is 84.9 Å². The molecule has 2 aromatic heterocycles. The Kier molecular flexibility index (Phi) is 4.23. The Bertz CT molecular complexity index is 704. The van der Waals surface area contributed by atoms with Crippen LogP contribution in [0.4, 0.5) is 5.69 Å². The van der Waals surface area contributed by atoms with E-state index in [-0.39, 0.29) is 5.54 Å². The Hall–Kier alpha value is -2.12. The molecule has 23 heavy (non-hydrogen) atoms. The lowest BCUT2D eigenvalue weighted by Crippen LogP contribution is -2.53. The third-order valence-corrected chi connectivity index (χ3v) is 4.40. The summed E-state index contributed by atoms with van der Waals surface area (Å²) in [4.78, 5) is 14.1. The Balaban J connectivity index is 1.84. The van der Waals surface area contributed by atoms with E-state index in [0.29, 0.717) is 12.1 Å². The average Bonchev–Trinajstić information content (AvgIpc) is 3.02. The van der Waals surface area contributed by atoms with Crippen molar-refractivity contribution in [3.63, 3.8) is 0 Å². The maximum atomic E-state index is 11.7. The number of aromatic nitrogens is 2. The SMILES string of the molecule is CC(C)(CNc1c(C(N)=O)cnn2cccc12)N1CCOCC1. The van der Waals surface area contributed by atoms with Crippen LogP contribution in [0.25, 0.3) is 5.52 Å². The minimum atomic E-state index is -0.479. The summed E-state index contributed by atoms with van der Waals surface area (Å²) in [5.41, 5.74) is 7.43. The largest absolute Gasteiger partial charge is 0.381 e. The normalized spacial score (nSPS) is 16.6. The van der Waals surface area contributed by atoms with Gasteiger partial charge >= 0.3 is 0 Å². The maximum absolute atomic E-state index is 11.7. The molecule has 0 unspecified atom stereocenters. The first-order valence-electron chi connectivity index (χ1n) is 7.82. The van der Waals surface area contributed by atoms with Crippen LogP contribution in [0.3, 0.4) is 0 Å². The van der Waals surface area contributed by atoms with Gasteiger partial charge < -0.3 is 15.8 Å². The second-order valence-electron chi connectivity index (χ2n) is 6.40. The molecule has 2 aromatic rings. The van der Waals surface area contributed by atoms with E-state index < -0.39 is 5.91 Å². The highest BCUT2D eigenvalue weighted by Crippen LogP contribution is 2.24. The summed E-state index contributed by atoms with van der Waals surface area (Å²) in [6.07, 6.45) is 3.36. The molecule has 1 saturated heterocycles. The number of nitrogens with two attached hydrogens (primary N) is 1. The van der Waals surface area contributed by atoms with Crippen molar-refractivity contribution in [1.82, 2.24) is 14.5 Å². The van der Waals surface area contributed by atoms with E-state index in [4.69, 9.17) is 10.5 Å². The van der Waals surface area contributed by atoms with E-state index in [0.717, 1.165) is 37.5 Å². The van der Waals surface area contributed by atoms with Gasteiger partial charge in [0, 0.05) is 31.4 Å². The van der Waals surface area contributed by atoms with E-state index >= 15 is 0 Å². The number of nitrogens with one attached hydrogen (secondary N) is 1. The minimum absolute atomic E-state index is 0.0639. The number of rotatable bonds is 5. The number of nitrogens with zero attached hydrogens (tertiary/aromatic N) is 3. The summed E-state index contributed by atoms with van der Waals surface area (Å²) in [6, 6.07) is 3.81. The molecule has 1 aliphatic rings. The zero-order valence-electron chi connectivity index (χ0n) is 13.6. The van der Waals surface area contributed by atoms with Crippen LogP contribution in [-0.2, 0) is 4.74 Å². The zero-order chi connectivity index (χ0) is 16.4. The molecular formula is C16H23N5O2. The molecule has 3 heterocycles. The molecular weight excluding hydrogens is 294 g/mol. The molecule has 7 heteroatoms. The lowest BCUT2D eigenvalue weighted by atomic mass is 10.0. The van der Waals surface area contributed by atoms with Gasteiger partial charge in [0.15, 0.2) is 0 Å². The highest BCUT2D eigenvalue weighted by atomic mass is 16.5. The van der Waals surface area contributed by atoms with E-state index in [2.05, 4.69) is 29.2 Å². The van der Waals surface area contributed by atoms with Gasteiger partial charge in [-0.05, 0) is 26.0 Å². The molecule has 0 atom stereocenters. The third-order valence-electron chi connectivity index (χ3n) is 4.40. The second kappa shape index (κ2) is 6.17. The molecule has 0 aromatic carbocycles. The monoisotopic (exact) mass is 317 g/mol. The Morgan fingerprint density at radius 1 is 1.43 bits per heavy atom. The molecule has 0 radical (unpaired) electrons. The molecule has 0 saturated carbocycles. The summed E-state index contributed by atoms with van der Waals surface area (Å²) in [7, 11) is 0. The summed E-state index contributed by atoms with van der Waals surface area (Å²) in [5.74, 6) is -0.479. The van der Waals surface area contributed by atoms with Gasteiger partial charge in [0.1, 0.15) is 0 Å². The van der Waals surface area contributed by atoms with Crippen LogP contribution < -0.4 is 11.1 Å². The molecule has 124 valence electrons. The molecule has 3 rings (SSSR count). The molecule has 3 N–H and O–H groups in total. The summed E-state index contributed by atoms with van der Waals surface area (Å²) >= 11 is 0. The highest BCUT2D eigenvalue weighted by molar-refractivity contribution is 6.01. The van der Waals surface area contributed by atoms with Crippen molar-refractivity contribution in [3.05, 3.63) is 30.1 Å². The van der Waals surface area contributed by atoms with Crippen LogP contribution in [0.15, 0.2) is 24.5 Å². The smallest absolute Gasteiger partial charge is 0.252 e. The second-order valence-corrected chi connectivity index (χ2v) is 6.40. The van der Waals surface area contributed by atoms with Gasteiger partial charge in [-0.1, -0.05) is 0 Å². The first kappa shape index (κ1) is 15.8. The minimum Gasteiger partial charge on any atom is -0.381 e. The van der Waals surface area contributed by atoms with Gasteiger partial charge in [-0.15, -0.1) is 0 Å². The number of anilines is 1. The quantitative estimate of drug-likeness (QED) is 0.858. The molecule has 0 bridgehead atoms.